The van der Waals surface area contributed by atoms with Gasteiger partial charge in [0.05, 0.1) is 13.2 Å². The summed E-state index contributed by atoms with van der Waals surface area (Å²) in [4.78, 5) is 12.1. The van der Waals surface area contributed by atoms with Crippen LogP contribution >= 0.6 is 0 Å². The van der Waals surface area contributed by atoms with E-state index in [0.717, 1.165) is 0 Å². The second-order valence-electron chi connectivity index (χ2n) is 2.79. The Kier molecular flexibility index (Phi) is 3.13. The fourth-order valence-electron chi connectivity index (χ4n) is 1.10. The summed E-state index contributed by atoms with van der Waals surface area (Å²) in [6.45, 7) is 1.16. The standard InChI is InChI=1S/C7H10F3NO2/c8-7(9,10)5-6(12)11-1-3-13-4-2-11/h1-5H2. The maximum Gasteiger partial charge on any atom is 0.397 e. The predicted molar refractivity (Wildman–Crippen MR) is 38.1 cm³/mol. The van der Waals surface area contributed by atoms with E-state index in [0.29, 0.717) is 13.2 Å². The van der Waals surface area contributed by atoms with E-state index in [-0.39, 0.29) is 13.1 Å². The van der Waals surface area contributed by atoms with Gasteiger partial charge in [-0.05, 0) is 0 Å². The van der Waals surface area contributed by atoms with E-state index in [9.17, 15) is 18.0 Å². The largest absolute Gasteiger partial charge is 0.397 e. The van der Waals surface area contributed by atoms with Gasteiger partial charge in [0.1, 0.15) is 6.42 Å². The number of halogens is 3. The lowest BCUT2D eigenvalue weighted by molar-refractivity contribution is -0.164. The van der Waals surface area contributed by atoms with Gasteiger partial charge >= 0.3 is 6.18 Å². The highest BCUT2D eigenvalue weighted by atomic mass is 19.4. The van der Waals surface area contributed by atoms with Crippen LogP contribution < -0.4 is 0 Å². The molecule has 1 heterocycles. The zero-order chi connectivity index (χ0) is 9.90. The lowest BCUT2D eigenvalue weighted by Crippen LogP contribution is -2.42. The van der Waals surface area contributed by atoms with Crippen molar-refractivity contribution in [3.8, 4) is 0 Å². The first-order valence-corrected chi connectivity index (χ1v) is 3.91. The van der Waals surface area contributed by atoms with Crippen LogP contribution in [0.25, 0.3) is 0 Å². The summed E-state index contributed by atoms with van der Waals surface area (Å²) in [6, 6.07) is 0. The third kappa shape index (κ3) is 3.63. The van der Waals surface area contributed by atoms with Gasteiger partial charge < -0.3 is 9.64 Å². The molecule has 13 heavy (non-hydrogen) atoms. The van der Waals surface area contributed by atoms with E-state index in [2.05, 4.69) is 0 Å². The summed E-state index contributed by atoms with van der Waals surface area (Å²) in [7, 11) is 0. The van der Waals surface area contributed by atoms with E-state index in [4.69, 9.17) is 4.74 Å². The van der Waals surface area contributed by atoms with E-state index in [1.165, 1.54) is 4.90 Å². The maximum atomic E-state index is 11.8. The fraction of sp³-hybridized carbons (Fsp3) is 0.857. The highest BCUT2D eigenvalue weighted by molar-refractivity contribution is 5.76. The number of nitrogens with zero attached hydrogens (tertiary/aromatic N) is 1. The molecule has 0 atom stereocenters. The van der Waals surface area contributed by atoms with Gasteiger partial charge in [-0.25, -0.2) is 0 Å². The van der Waals surface area contributed by atoms with Crippen LogP contribution in [0.5, 0.6) is 0 Å². The van der Waals surface area contributed by atoms with Crippen molar-refractivity contribution in [2.75, 3.05) is 26.3 Å². The third-order valence-electron chi connectivity index (χ3n) is 1.72. The number of amides is 1. The molecule has 0 N–H and O–H groups in total. The fourth-order valence-corrected chi connectivity index (χ4v) is 1.10. The van der Waals surface area contributed by atoms with E-state index < -0.39 is 18.5 Å². The van der Waals surface area contributed by atoms with Crippen LogP contribution in [0.15, 0.2) is 0 Å². The number of rotatable bonds is 1. The van der Waals surface area contributed by atoms with Crippen molar-refractivity contribution in [3.63, 3.8) is 0 Å². The molecule has 0 aromatic heterocycles. The van der Waals surface area contributed by atoms with Gasteiger partial charge in [0.25, 0.3) is 0 Å². The summed E-state index contributed by atoms with van der Waals surface area (Å²) in [6.07, 6.45) is -5.78. The van der Waals surface area contributed by atoms with E-state index >= 15 is 0 Å². The van der Waals surface area contributed by atoms with Gasteiger partial charge in [-0.15, -0.1) is 0 Å². The number of alkyl halides is 3. The molecule has 0 saturated carbocycles. The van der Waals surface area contributed by atoms with Gasteiger partial charge in [0.2, 0.25) is 5.91 Å². The number of hydrogen-bond acceptors (Lipinski definition) is 2. The molecule has 6 heteroatoms. The van der Waals surface area contributed by atoms with Crippen LogP contribution in [0, 0.1) is 0 Å². The van der Waals surface area contributed by atoms with Crippen LogP contribution in [0.2, 0.25) is 0 Å². The Balaban J connectivity index is 2.38. The van der Waals surface area contributed by atoms with Crippen LogP contribution in [0.1, 0.15) is 6.42 Å². The maximum absolute atomic E-state index is 11.8. The summed E-state index contributed by atoms with van der Waals surface area (Å²) in [5.74, 6) is -0.865. The van der Waals surface area contributed by atoms with Crippen molar-refractivity contribution < 1.29 is 22.7 Å². The molecule has 0 radical (unpaired) electrons. The van der Waals surface area contributed by atoms with Crippen molar-refractivity contribution in [3.05, 3.63) is 0 Å². The molecule has 3 nitrogen and oxygen atoms in total. The zero-order valence-electron chi connectivity index (χ0n) is 6.93. The minimum Gasteiger partial charge on any atom is -0.378 e. The van der Waals surface area contributed by atoms with Gasteiger partial charge in [0, 0.05) is 13.1 Å². The van der Waals surface area contributed by atoms with Crippen molar-refractivity contribution in [1.29, 1.82) is 0 Å². The SMILES string of the molecule is O=C(CC(F)(F)F)N1CCOCC1. The topological polar surface area (TPSA) is 29.5 Å². The molecule has 0 spiro atoms. The Labute approximate surface area is 73.5 Å². The minimum atomic E-state index is -4.41. The van der Waals surface area contributed by atoms with Gasteiger partial charge in [-0.2, -0.15) is 13.2 Å². The Morgan fingerprint density at radius 3 is 2.31 bits per heavy atom. The summed E-state index contributed by atoms with van der Waals surface area (Å²) in [5.41, 5.74) is 0. The van der Waals surface area contributed by atoms with Crippen molar-refractivity contribution in [2.45, 2.75) is 12.6 Å². The molecule has 0 unspecified atom stereocenters. The second kappa shape index (κ2) is 3.95. The number of hydrogen-bond donors (Lipinski definition) is 0. The minimum absolute atomic E-state index is 0.259. The average molecular weight is 197 g/mol. The van der Waals surface area contributed by atoms with Crippen molar-refractivity contribution in [1.82, 2.24) is 4.90 Å². The highest BCUT2D eigenvalue weighted by Gasteiger charge is 2.33. The van der Waals surface area contributed by atoms with Crippen LogP contribution in [-0.4, -0.2) is 43.3 Å². The van der Waals surface area contributed by atoms with Crippen molar-refractivity contribution in [2.24, 2.45) is 0 Å². The lowest BCUT2D eigenvalue weighted by atomic mass is 10.3. The van der Waals surface area contributed by atoms with Gasteiger partial charge in [-0.1, -0.05) is 0 Å². The molecular formula is C7H10F3NO2. The molecule has 0 aliphatic carbocycles. The predicted octanol–water partition coefficient (Wildman–Crippen LogP) is 0.798. The quantitative estimate of drug-likeness (QED) is 0.622. The van der Waals surface area contributed by atoms with E-state index in [1.807, 2.05) is 0 Å². The Hall–Kier alpha value is -0.780. The first-order valence-electron chi connectivity index (χ1n) is 3.91. The Morgan fingerprint density at radius 2 is 1.85 bits per heavy atom. The number of carbonyl (C=O) groups is 1. The summed E-state index contributed by atoms with van der Waals surface area (Å²) in [5, 5.41) is 0. The van der Waals surface area contributed by atoms with Crippen LogP contribution in [0.4, 0.5) is 13.2 Å². The molecule has 1 saturated heterocycles. The lowest BCUT2D eigenvalue weighted by Gasteiger charge is -2.27. The normalized spacial score (nSPS) is 18.8. The molecule has 1 amide bonds. The molecule has 1 aliphatic rings. The third-order valence-corrected chi connectivity index (χ3v) is 1.72. The number of ether oxygens (including phenoxy) is 1. The Morgan fingerprint density at radius 1 is 1.31 bits per heavy atom. The first kappa shape index (κ1) is 10.3. The number of morpholine rings is 1. The Bertz CT molecular complexity index is 187. The second-order valence-corrected chi connectivity index (χ2v) is 2.79. The smallest absolute Gasteiger partial charge is 0.378 e. The molecule has 1 rings (SSSR count). The highest BCUT2D eigenvalue weighted by Crippen LogP contribution is 2.20. The molecule has 0 aromatic rings. The summed E-state index contributed by atoms with van der Waals surface area (Å²) >= 11 is 0. The first-order chi connectivity index (χ1) is 5.99. The van der Waals surface area contributed by atoms with Crippen LogP contribution in [0.3, 0.4) is 0 Å². The molecule has 0 bridgehead atoms. The van der Waals surface area contributed by atoms with Gasteiger partial charge in [0.15, 0.2) is 0 Å². The van der Waals surface area contributed by atoms with Crippen LogP contribution in [-0.2, 0) is 9.53 Å². The van der Waals surface area contributed by atoms with E-state index in [1.54, 1.807) is 0 Å². The molecule has 1 aliphatic heterocycles. The zero-order valence-corrected chi connectivity index (χ0v) is 6.93. The van der Waals surface area contributed by atoms with Gasteiger partial charge in [-0.3, -0.25) is 4.79 Å². The average Bonchev–Trinajstić information content (AvgIpc) is 2.03. The number of carbonyl (C=O) groups excluding carboxylic acids is 1. The molecule has 76 valence electrons. The molecular weight excluding hydrogens is 187 g/mol. The summed E-state index contributed by atoms with van der Waals surface area (Å²) < 4.78 is 40.3. The monoisotopic (exact) mass is 197 g/mol. The molecule has 0 aromatic carbocycles. The van der Waals surface area contributed by atoms with Crippen molar-refractivity contribution >= 4 is 5.91 Å². The molecule has 1 fully saturated rings.